The van der Waals surface area contributed by atoms with Crippen LogP contribution in [0.1, 0.15) is 35.2 Å². The minimum Gasteiger partial charge on any atom is -0.310 e. The molecule has 0 spiro atoms. The number of nitrogens with one attached hydrogen (secondary N) is 1. The van der Waals surface area contributed by atoms with Gasteiger partial charge < -0.3 is 5.32 Å². The fourth-order valence-corrected chi connectivity index (χ4v) is 2.39. The highest BCUT2D eigenvalue weighted by Gasteiger charge is 2.08. The van der Waals surface area contributed by atoms with E-state index in [1.165, 1.54) is 22.3 Å². The Balaban J connectivity index is 1.90. The maximum Gasteiger partial charge on any atom is 0.0522 e. The predicted molar refractivity (Wildman–Crippen MR) is 79.2 cm³/mol. The van der Waals surface area contributed by atoms with E-state index in [1.54, 1.807) is 0 Å². The van der Waals surface area contributed by atoms with Crippen LogP contribution in [-0.4, -0.2) is 16.3 Å². The topological polar surface area (TPSA) is 29.9 Å². The zero-order valence-electron chi connectivity index (χ0n) is 12.3. The van der Waals surface area contributed by atoms with Gasteiger partial charge in [-0.15, -0.1) is 0 Å². The first-order valence-corrected chi connectivity index (χ1v) is 6.85. The molecule has 102 valence electrons. The molecule has 0 aliphatic rings. The summed E-state index contributed by atoms with van der Waals surface area (Å²) in [6.45, 7) is 7.57. The van der Waals surface area contributed by atoms with Crippen LogP contribution in [0.5, 0.6) is 0 Å². The van der Waals surface area contributed by atoms with Crippen molar-refractivity contribution < 1.29 is 0 Å². The SMILES string of the molecule is Cc1cccc([C@@H](C)NCCc2cnn(C)c2)c1C. The molecule has 3 heteroatoms. The Hall–Kier alpha value is -1.61. The lowest BCUT2D eigenvalue weighted by Gasteiger charge is -2.17. The highest BCUT2D eigenvalue weighted by atomic mass is 15.2. The van der Waals surface area contributed by atoms with Crippen molar-refractivity contribution in [2.75, 3.05) is 6.54 Å². The molecule has 0 aliphatic heterocycles. The molecule has 19 heavy (non-hydrogen) atoms. The van der Waals surface area contributed by atoms with Crippen molar-refractivity contribution in [1.82, 2.24) is 15.1 Å². The first-order valence-electron chi connectivity index (χ1n) is 6.85. The quantitative estimate of drug-likeness (QED) is 0.892. The summed E-state index contributed by atoms with van der Waals surface area (Å²) in [7, 11) is 1.95. The molecule has 0 aliphatic carbocycles. The third-order valence-electron chi connectivity index (χ3n) is 3.74. The molecule has 3 nitrogen and oxygen atoms in total. The van der Waals surface area contributed by atoms with Gasteiger partial charge in [-0.2, -0.15) is 5.10 Å². The molecule has 0 saturated heterocycles. The van der Waals surface area contributed by atoms with Crippen LogP contribution in [0.25, 0.3) is 0 Å². The van der Waals surface area contributed by atoms with E-state index in [0.29, 0.717) is 6.04 Å². The van der Waals surface area contributed by atoms with Crippen molar-refractivity contribution in [3.05, 3.63) is 52.8 Å². The van der Waals surface area contributed by atoms with Gasteiger partial charge in [0.2, 0.25) is 0 Å². The molecule has 0 unspecified atom stereocenters. The summed E-state index contributed by atoms with van der Waals surface area (Å²) in [6, 6.07) is 6.90. The molecule has 1 aromatic carbocycles. The van der Waals surface area contributed by atoms with Gasteiger partial charge in [-0.05, 0) is 56.0 Å². The zero-order chi connectivity index (χ0) is 13.8. The van der Waals surface area contributed by atoms with E-state index >= 15 is 0 Å². The van der Waals surface area contributed by atoms with Crippen LogP contribution in [0, 0.1) is 13.8 Å². The lowest BCUT2D eigenvalue weighted by Crippen LogP contribution is -2.22. The van der Waals surface area contributed by atoms with E-state index in [9.17, 15) is 0 Å². The fourth-order valence-electron chi connectivity index (χ4n) is 2.39. The number of aryl methyl sites for hydroxylation is 2. The normalized spacial score (nSPS) is 12.6. The van der Waals surface area contributed by atoms with Crippen molar-refractivity contribution >= 4 is 0 Å². The van der Waals surface area contributed by atoms with Gasteiger partial charge in [-0.25, -0.2) is 0 Å². The second kappa shape index (κ2) is 6.02. The predicted octanol–water partition coefficient (Wildman–Crippen LogP) is 2.93. The highest BCUT2D eigenvalue weighted by molar-refractivity contribution is 5.35. The number of aromatic nitrogens is 2. The lowest BCUT2D eigenvalue weighted by molar-refractivity contribution is 0.574. The van der Waals surface area contributed by atoms with Gasteiger partial charge in [-0.1, -0.05) is 18.2 Å². The average Bonchev–Trinajstić information content (AvgIpc) is 2.78. The Labute approximate surface area is 115 Å². The van der Waals surface area contributed by atoms with Crippen molar-refractivity contribution in [2.24, 2.45) is 7.05 Å². The molecule has 0 bridgehead atoms. The summed E-state index contributed by atoms with van der Waals surface area (Å²) in [6.07, 6.45) is 5.03. The van der Waals surface area contributed by atoms with Gasteiger partial charge in [0.05, 0.1) is 6.20 Å². The van der Waals surface area contributed by atoms with Crippen LogP contribution in [0.2, 0.25) is 0 Å². The fraction of sp³-hybridized carbons (Fsp3) is 0.438. The standard InChI is InChI=1S/C16H23N3/c1-12-6-5-7-16(13(12)2)14(3)17-9-8-15-10-18-19(4)11-15/h5-7,10-11,14,17H,8-9H2,1-4H3/t14-/m1/s1. The molecule has 1 N–H and O–H groups in total. The second-order valence-corrected chi connectivity index (χ2v) is 5.24. The minimum atomic E-state index is 0.386. The highest BCUT2D eigenvalue weighted by Crippen LogP contribution is 2.19. The molecule has 2 rings (SSSR count). The molecule has 0 amide bonds. The first kappa shape index (κ1) is 13.8. The number of rotatable bonds is 5. The first-order chi connectivity index (χ1) is 9.08. The third kappa shape index (κ3) is 3.44. The van der Waals surface area contributed by atoms with Crippen LogP contribution in [0.3, 0.4) is 0 Å². The third-order valence-corrected chi connectivity index (χ3v) is 3.74. The van der Waals surface area contributed by atoms with Crippen molar-refractivity contribution in [2.45, 2.75) is 33.2 Å². The van der Waals surface area contributed by atoms with Crippen LogP contribution < -0.4 is 5.32 Å². The molecule has 1 aromatic heterocycles. The molecule has 2 aromatic rings. The molecule has 1 atom stereocenters. The van der Waals surface area contributed by atoms with Gasteiger partial charge in [0, 0.05) is 19.3 Å². The van der Waals surface area contributed by atoms with Gasteiger partial charge in [0.25, 0.3) is 0 Å². The number of hydrogen-bond acceptors (Lipinski definition) is 2. The smallest absolute Gasteiger partial charge is 0.0522 e. The van der Waals surface area contributed by atoms with E-state index in [0.717, 1.165) is 13.0 Å². The molecule has 0 radical (unpaired) electrons. The van der Waals surface area contributed by atoms with E-state index in [4.69, 9.17) is 0 Å². The molecular formula is C16H23N3. The van der Waals surface area contributed by atoms with Crippen molar-refractivity contribution in [3.63, 3.8) is 0 Å². The summed E-state index contributed by atoms with van der Waals surface area (Å²) in [4.78, 5) is 0. The Bertz CT molecular complexity index is 543. The van der Waals surface area contributed by atoms with Crippen molar-refractivity contribution in [1.29, 1.82) is 0 Å². The van der Waals surface area contributed by atoms with Crippen LogP contribution in [0.15, 0.2) is 30.6 Å². The summed E-state index contributed by atoms with van der Waals surface area (Å²) >= 11 is 0. The lowest BCUT2D eigenvalue weighted by atomic mass is 9.98. The van der Waals surface area contributed by atoms with E-state index in [-0.39, 0.29) is 0 Å². The maximum atomic E-state index is 4.19. The van der Waals surface area contributed by atoms with Crippen LogP contribution in [-0.2, 0) is 13.5 Å². The molecule has 0 saturated carbocycles. The van der Waals surface area contributed by atoms with Gasteiger partial charge >= 0.3 is 0 Å². The number of hydrogen-bond donors (Lipinski definition) is 1. The van der Waals surface area contributed by atoms with Crippen LogP contribution in [0.4, 0.5) is 0 Å². The summed E-state index contributed by atoms with van der Waals surface area (Å²) in [5.41, 5.74) is 5.43. The second-order valence-electron chi connectivity index (χ2n) is 5.24. The monoisotopic (exact) mass is 257 g/mol. The number of benzene rings is 1. The van der Waals surface area contributed by atoms with Gasteiger partial charge in [0.1, 0.15) is 0 Å². The Morgan fingerprint density at radius 3 is 2.79 bits per heavy atom. The largest absolute Gasteiger partial charge is 0.310 e. The Morgan fingerprint density at radius 1 is 1.32 bits per heavy atom. The van der Waals surface area contributed by atoms with E-state index in [1.807, 2.05) is 17.9 Å². The molecule has 0 fully saturated rings. The summed E-state index contributed by atoms with van der Waals surface area (Å²) < 4.78 is 1.85. The Morgan fingerprint density at radius 2 is 2.11 bits per heavy atom. The summed E-state index contributed by atoms with van der Waals surface area (Å²) in [5.74, 6) is 0. The summed E-state index contributed by atoms with van der Waals surface area (Å²) in [5, 5.41) is 7.77. The van der Waals surface area contributed by atoms with Crippen LogP contribution >= 0.6 is 0 Å². The van der Waals surface area contributed by atoms with E-state index < -0.39 is 0 Å². The van der Waals surface area contributed by atoms with Crippen molar-refractivity contribution in [3.8, 4) is 0 Å². The van der Waals surface area contributed by atoms with E-state index in [2.05, 4.69) is 55.6 Å². The zero-order valence-corrected chi connectivity index (χ0v) is 12.3. The average molecular weight is 257 g/mol. The Kier molecular flexibility index (Phi) is 4.38. The van der Waals surface area contributed by atoms with Gasteiger partial charge in [0.15, 0.2) is 0 Å². The van der Waals surface area contributed by atoms with Gasteiger partial charge in [-0.3, -0.25) is 4.68 Å². The number of nitrogens with zero attached hydrogens (tertiary/aromatic N) is 2. The molecular weight excluding hydrogens is 234 g/mol. The molecule has 1 heterocycles. The minimum absolute atomic E-state index is 0.386. The maximum absolute atomic E-state index is 4.19.